The third kappa shape index (κ3) is 3.94. The van der Waals surface area contributed by atoms with Crippen LogP contribution >= 0.6 is 0 Å². The molecule has 0 atom stereocenters. The first-order chi connectivity index (χ1) is 13.1. The summed E-state index contributed by atoms with van der Waals surface area (Å²) < 4.78 is 5.10. The maximum Gasteiger partial charge on any atom is 0.302 e. The van der Waals surface area contributed by atoms with E-state index in [1.54, 1.807) is 5.57 Å². The number of piperidine rings is 1. The van der Waals surface area contributed by atoms with Crippen molar-refractivity contribution in [3.05, 3.63) is 52.3 Å². The number of benzene rings is 1. The molecule has 1 aliphatic carbocycles. The molecular weight excluding hydrogens is 340 g/mol. The summed E-state index contributed by atoms with van der Waals surface area (Å²) in [5.41, 5.74) is 7.18. The van der Waals surface area contributed by atoms with Crippen LogP contribution in [0.5, 0.6) is 0 Å². The number of carbonyl (C=O) groups is 1. The highest BCUT2D eigenvalue weighted by Gasteiger charge is 2.31. The van der Waals surface area contributed by atoms with Crippen LogP contribution in [-0.4, -0.2) is 55.8 Å². The number of ether oxygens (including phenoxy) is 1. The Labute approximate surface area is 161 Å². The lowest BCUT2D eigenvalue weighted by molar-refractivity contribution is -0.141. The minimum Gasteiger partial charge on any atom is -0.465 e. The summed E-state index contributed by atoms with van der Waals surface area (Å²) in [6.07, 6.45) is 4.13. The molecule has 0 bridgehead atoms. The van der Waals surface area contributed by atoms with E-state index in [-0.39, 0.29) is 5.97 Å². The van der Waals surface area contributed by atoms with Gasteiger partial charge in [0.2, 0.25) is 0 Å². The van der Waals surface area contributed by atoms with E-state index in [2.05, 4.69) is 29.2 Å². The van der Waals surface area contributed by atoms with Crippen LogP contribution in [0, 0.1) is 0 Å². The van der Waals surface area contributed by atoms with E-state index in [1.807, 2.05) is 12.1 Å². The maximum absolute atomic E-state index is 11.0. The molecule has 0 amide bonds. The van der Waals surface area contributed by atoms with Gasteiger partial charge in [0.25, 0.3) is 0 Å². The van der Waals surface area contributed by atoms with Crippen molar-refractivity contribution < 1.29 is 14.4 Å². The molecule has 4 rings (SSSR count). The van der Waals surface area contributed by atoms with E-state index in [0.717, 1.165) is 57.6 Å². The Kier molecular flexibility index (Phi) is 5.32. The summed E-state index contributed by atoms with van der Waals surface area (Å²) in [5, 5.41) is 1.95. The molecule has 5 nitrogen and oxygen atoms in total. The Balaban J connectivity index is 1.58. The molecule has 27 heavy (non-hydrogen) atoms. The summed E-state index contributed by atoms with van der Waals surface area (Å²) in [5.74, 6) is 0.947. The third-order valence-corrected chi connectivity index (χ3v) is 5.72. The number of likely N-dealkylation sites (N-methyl/N-ethyl adjacent to an activating group) is 1. The summed E-state index contributed by atoms with van der Waals surface area (Å²) in [6, 6.07) is 8.83. The molecule has 1 aromatic rings. The summed E-state index contributed by atoms with van der Waals surface area (Å²) in [7, 11) is 2.01. The van der Waals surface area contributed by atoms with Crippen molar-refractivity contribution in [2.24, 2.45) is 0 Å². The number of likely N-dealkylation sites (tertiary alicyclic amines) is 1. The van der Waals surface area contributed by atoms with Gasteiger partial charge in [-0.25, -0.2) is 0 Å². The molecule has 3 aliphatic rings. The van der Waals surface area contributed by atoms with E-state index in [0.29, 0.717) is 6.61 Å². The largest absolute Gasteiger partial charge is 0.465 e. The number of aryl methyl sites for hydroxylation is 1. The van der Waals surface area contributed by atoms with Gasteiger partial charge in [0, 0.05) is 45.6 Å². The number of fused-ring (bicyclic) bond motifs is 1. The Morgan fingerprint density at radius 3 is 2.70 bits per heavy atom. The smallest absolute Gasteiger partial charge is 0.302 e. The third-order valence-electron chi connectivity index (χ3n) is 5.72. The molecule has 0 spiro atoms. The van der Waals surface area contributed by atoms with Gasteiger partial charge in [-0.2, -0.15) is 0 Å². The Morgan fingerprint density at radius 1 is 1.15 bits per heavy atom. The first kappa shape index (κ1) is 18.3. The van der Waals surface area contributed by atoms with Crippen LogP contribution in [0.25, 0.3) is 5.57 Å². The molecule has 0 saturated carbocycles. The molecular formula is C22H28N2O3. The van der Waals surface area contributed by atoms with E-state index in [4.69, 9.17) is 9.57 Å². The maximum atomic E-state index is 11.0. The second-order valence-corrected chi connectivity index (χ2v) is 7.60. The molecule has 144 valence electrons. The Bertz CT molecular complexity index is 787. The standard InChI is InChI=1S/C22H28N2O3/c1-16(25)26-14-13-24-11-9-18(10-12-24)22-19-6-4-3-5-17(19)7-8-21-20(22)15-23(2)27-21/h3-6H,7-15H2,1-2H3. The SMILES string of the molecule is CC(=O)OCCN1CCC(=C2C3=C(CCc4ccccc42)ON(C)C3)CC1. The van der Waals surface area contributed by atoms with Gasteiger partial charge in [0.15, 0.2) is 0 Å². The van der Waals surface area contributed by atoms with Crippen LogP contribution in [0.1, 0.15) is 37.3 Å². The number of hydrogen-bond acceptors (Lipinski definition) is 5. The Hall–Kier alpha value is -2.11. The molecule has 1 aromatic carbocycles. The fraction of sp³-hybridized carbons (Fsp3) is 0.500. The topological polar surface area (TPSA) is 42.0 Å². The van der Waals surface area contributed by atoms with Crippen LogP contribution in [0.3, 0.4) is 0 Å². The highest BCUT2D eigenvalue weighted by Crippen LogP contribution is 2.41. The zero-order valence-electron chi connectivity index (χ0n) is 16.3. The average molecular weight is 368 g/mol. The van der Waals surface area contributed by atoms with Crippen LogP contribution in [0.15, 0.2) is 41.2 Å². The van der Waals surface area contributed by atoms with Gasteiger partial charge in [-0.1, -0.05) is 29.8 Å². The Morgan fingerprint density at radius 2 is 1.93 bits per heavy atom. The summed E-state index contributed by atoms with van der Waals surface area (Å²) >= 11 is 0. The van der Waals surface area contributed by atoms with Crippen LogP contribution in [0.2, 0.25) is 0 Å². The summed E-state index contributed by atoms with van der Waals surface area (Å²) in [4.78, 5) is 19.4. The van der Waals surface area contributed by atoms with Crippen molar-refractivity contribution in [1.82, 2.24) is 9.96 Å². The minimum atomic E-state index is -0.199. The lowest BCUT2D eigenvalue weighted by Gasteiger charge is -2.30. The first-order valence-corrected chi connectivity index (χ1v) is 9.89. The quantitative estimate of drug-likeness (QED) is 0.767. The highest BCUT2D eigenvalue weighted by atomic mass is 16.7. The number of nitrogens with zero attached hydrogens (tertiary/aromatic N) is 2. The fourth-order valence-electron chi connectivity index (χ4n) is 4.41. The van der Waals surface area contributed by atoms with Crippen molar-refractivity contribution >= 4 is 11.5 Å². The van der Waals surface area contributed by atoms with Crippen molar-refractivity contribution in [3.8, 4) is 0 Å². The number of rotatable bonds is 3. The van der Waals surface area contributed by atoms with E-state index >= 15 is 0 Å². The van der Waals surface area contributed by atoms with Gasteiger partial charge in [-0.05, 0) is 36.0 Å². The van der Waals surface area contributed by atoms with E-state index in [9.17, 15) is 4.79 Å². The first-order valence-electron chi connectivity index (χ1n) is 9.89. The fourth-order valence-corrected chi connectivity index (χ4v) is 4.41. The highest BCUT2D eigenvalue weighted by molar-refractivity contribution is 5.85. The van der Waals surface area contributed by atoms with Gasteiger partial charge in [0.05, 0.1) is 6.54 Å². The van der Waals surface area contributed by atoms with E-state index < -0.39 is 0 Å². The molecule has 0 aromatic heterocycles. The van der Waals surface area contributed by atoms with Crippen molar-refractivity contribution in [2.45, 2.75) is 32.6 Å². The lowest BCUT2D eigenvalue weighted by atomic mass is 9.86. The van der Waals surface area contributed by atoms with E-state index in [1.165, 1.54) is 29.2 Å². The van der Waals surface area contributed by atoms with Crippen LogP contribution in [-0.2, 0) is 20.8 Å². The molecule has 2 heterocycles. The molecule has 2 aliphatic heterocycles. The van der Waals surface area contributed by atoms with Gasteiger partial charge in [0.1, 0.15) is 12.4 Å². The monoisotopic (exact) mass is 368 g/mol. The predicted octanol–water partition coefficient (Wildman–Crippen LogP) is 3.18. The number of hydrogen-bond donors (Lipinski definition) is 0. The second kappa shape index (κ2) is 7.87. The molecule has 1 fully saturated rings. The zero-order chi connectivity index (χ0) is 18.8. The minimum absolute atomic E-state index is 0.199. The molecule has 0 unspecified atom stereocenters. The van der Waals surface area contributed by atoms with Gasteiger partial charge < -0.3 is 9.57 Å². The number of allylic oxidation sites excluding steroid dienone is 1. The molecule has 5 heteroatoms. The second-order valence-electron chi connectivity index (χ2n) is 7.60. The number of hydroxylamine groups is 2. The average Bonchev–Trinajstić information content (AvgIpc) is 2.95. The number of carbonyl (C=O) groups excluding carboxylic acids is 1. The normalized spacial score (nSPS) is 20.8. The van der Waals surface area contributed by atoms with Gasteiger partial charge in [-0.3, -0.25) is 9.69 Å². The van der Waals surface area contributed by atoms with Gasteiger partial charge >= 0.3 is 5.97 Å². The van der Waals surface area contributed by atoms with Gasteiger partial charge in [-0.15, -0.1) is 5.06 Å². The molecule has 1 saturated heterocycles. The number of esters is 1. The zero-order valence-corrected chi connectivity index (χ0v) is 16.3. The molecule has 0 radical (unpaired) electrons. The van der Waals surface area contributed by atoms with Crippen LogP contribution < -0.4 is 0 Å². The van der Waals surface area contributed by atoms with Crippen molar-refractivity contribution in [2.75, 3.05) is 39.8 Å². The lowest BCUT2D eigenvalue weighted by Crippen LogP contribution is -2.34. The summed E-state index contributed by atoms with van der Waals surface area (Å²) in [6.45, 7) is 5.66. The van der Waals surface area contributed by atoms with Crippen molar-refractivity contribution in [1.29, 1.82) is 0 Å². The molecule has 0 N–H and O–H groups in total. The predicted molar refractivity (Wildman–Crippen MR) is 105 cm³/mol. The van der Waals surface area contributed by atoms with Crippen molar-refractivity contribution in [3.63, 3.8) is 0 Å². The van der Waals surface area contributed by atoms with Crippen LogP contribution in [0.4, 0.5) is 0 Å².